The van der Waals surface area contributed by atoms with E-state index in [4.69, 9.17) is 9.47 Å². The first-order valence-electron chi connectivity index (χ1n) is 18.0. The largest absolute Gasteiger partial charge is 0.458 e. The molecule has 2 aliphatic heterocycles. The van der Waals surface area contributed by atoms with Gasteiger partial charge in [0, 0.05) is 5.46 Å². The first-order chi connectivity index (χ1) is 25.8. The molecule has 0 atom stereocenters. The molecular weight excluding hydrogens is 631 g/mol. The van der Waals surface area contributed by atoms with Crippen molar-refractivity contribution in [1.29, 1.82) is 0 Å². The van der Waals surface area contributed by atoms with Gasteiger partial charge in [-0.3, -0.25) is 0 Å². The Morgan fingerprint density at radius 2 is 0.923 bits per heavy atom. The molecular formula is C49H31BO2. The first-order valence-corrected chi connectivity index (χ1v) is 18.0. The van der Waals surface area contributed by atoms with Gasteiger partial charge in [-0.25, -0.2) is 0 Å². The monoisotopic (exact) mass is 662 g/mol. The van der Waals surface area contributed by atoms with Crippen LogP contribution in [0.15, 0.2) is 176 Å². The number of benzene rings is 8. The predicted molar refractivity (Wildman–Crippen MR) is 214 cm³/mol. The molecule has 0 fully saturated rings. The third-order valence-corrected chi connectivity index (χ3v) is 11.0. The summed E-state index contributed by atoms with van der Waals surface area (Å²) in [4.78, 5) is 0. The van der Waals surface area contributed by atoms with E-state index in [2.05, 4.69) is 164 Å². The third kappa shape index (κ3) is 4.53. The Kier molecular flexibility index (Phi) is 6.44. The lowest BCUT2D eigenvalue weighted by molar-refractivity contribution is 0.465. The SMILES string of the molecule is c1ccc(-c2cc3c(c(-c4ccccc4)c2)-c2cccc(-c4cccc(-c5cc6c7c(c5)Oc5ccccc5B7c5ccccc5O6)c4)c2C3)cc1. The van der Waals surface area contributed by atoms with Crippen LogP contribution in [0.1, 0.15) is 11.1 Å². The molecule has 8 aromatic carbocycles. The number of ether oxygens (including phenoxy) is 2. The molecule has 11 rings (SSSR count). The standard InChI is InChI=1S/C49H31BO2/c1-3-13-31(14-4-1)35-26-37-28-41-38(19-12-20-39(41)48(37)40(27-35)32-15-5-2-6-16-32)34-18-11-17-33(25-34)36-29-46-49-47(30-36)52-45-24-10-8-22-43(45)50(49)42-21-7-9-23-44(42)51-46/h1-27,29-30H,28H2. The smallest absolute Gasteiger partial charge is 0.260 e. The summed E-state index contributed by atoms with van der Waals surface area (Å²) >= 11 is 0. The van der Waals surface area contributed by atoms with Gasteiger partial charge < -0.3 is 9.47 Å². The van der Waals surface area contributed by atoms with Gasteiger partial charge in [-0.1, -0.05) is 140 Å². The van der Waals surface area contributed by atoms with E-state index in [-0.39, 0.29) is 6.71 Å². The maximum Gasteiger partial charge on any atom is 0.260 e. The quantitative estimate of drug-likeness (QED) is 0.175. The van der Waals surface area contributed by atoms with Crippen molar-refractivity contribution in [3.63, 3.8) is 0 Å². The molecule has 0 bridgehead atoms. The number of rotatable bonds is 4. The van der Waals surface area contributed by atoms with Crippen molar-refractivity contribution in [2.45, 2.75) is 6.42 Å². The molecule has 0 unspecified atom stereocenters. The summed E-state index contributed by atoms with van der Waals surface area (Å²) in [5, 5.41) is 0. The highest BCUT2D eigenvalue weighted by atomic mass is 16.5. The van der Waals surface area contributed by atoms with Gasteiger partial charge in [0.05, 0.1) is 0 Å². The number of hydrogen-bond acceptors (Lipinski definition) is 2. The molecule has 0 saturated carbocycles. The molecule has 0 amide bonds. The summed E-state index contributed by atoms with van der Waals surface area (Å²) < 4.78 is 13.2. The minimum absolute atomic E-state index is 0.0667. The van der Waals surface area contributed by atoms with Crippen LogP contribution < -0.4 is 25.9 Å². The highest BCUT2D eigenvalue weighted by molar-refractivity contribution is 6.98. The fourth-order valence-electron chi connectivity index (χ4n) is 8.70. The Morgan fingerprint density at radius 1 is 0.365 bits per heavy atom. The van der Waals surface area contributed by atoms with Crippen LogP contribution >= 0.6 is 0 Å². The molecule has 2 nitrogen and oxygen atoms in total. The van der Waals surface area contributed by atoms with E-state index < -0.39 is 0 Å². The number of fused-ring (bicyclic) bond motifs is 7. The van der Waals surface area contributed by atoms with Crippen LogP contribution in [0.25, 0.3) is 55.6 Å². The molecule has 0 spiro atoms. The van der Waals surface area contributed by atoms with E-state index in [9.17, 15) is 0 Å². The molecule has 242 valence electrons. The van der Waals surface area contributed by atoms with Crippen molar-refractivity contribution in [2.24, 2.45) is 0 Å². The summed E-state index contributed by atoms with van der Waals surface area (Å²) in [6.07, 6.45) is 0.885. The van der Waals surface area contributed by atoms with Gasteiger partial charge in [-0.05, 0) is 121 Å². The third-order valence-electron chi connectivity index (χ3n) is 11.0. The Bertz CT molecular complexity index is 2640. The molecule has 1 aliphatic carbocycles. The number of hydrogen-bond donors (Lipinski definition) is 0. The lowest BCUT2D eigenvalue weighted by Crippen LogP contribution is -2.57. The van der Waals surface area contributed by atoms with Gasteiger partial charge >= 0.3 is 0 Å². The molecule has 8 aromatic rings. The lowest BCUT2D eigenvalue weighted by atomic mass is 9.35. The van der Waals surface area contributed by atoms with E-state index in [1.165, 1.54) is 66.6 Å². The second-order valence-corrected chi connectivity index (χ2v) is 14.0. The zero-order valence-electron chi connectivity index (χ0n) is 28.3. The van der Waals surface area contributed by atoms with Crippen LogP contribution in [-0.4, -0.2) is 6.71 Å². The van der Waals surface area contributed by atoms with Crippen molar-refractivity contribution >= 4 is 23.1 Å². The Balaban J connectivity index is 1.03. The van der Waals surface area contributed by atoms with Crippen LogP contribution in [-0.2, 0) is 6.42 Å². The highest BCUT2D eigenvalue weighted by Crippen LogP contribution is 2.48. The van der Waals surface area contributed by atoms with Gasteiger partial charge in [0.1, 0.15) is 23.0 Å². The molecule has 2 heterocycles. The fraction of sp³-hybridized carbons (Fsp3) is 0.0204. The van der Waals surface area contributed by atoms with Crippen molar-refractivity contribution in [1.82, 2.24) is 0 Å². The second kappa shape index (κ2) is 11.5. The fourth-order valence-corrected chi connectivity index (χ4v) is 8.70. The van der Waals surface area contributed by atoms with E-state index in [1.54, 1.807) is 0 Å². The molecule has 0 aromatic heterocycles. The topological polar surface area (TPSA) is 18.5 Å². The minimum atomic E-state index is 0.0667. The molecule has 0 radical (unpaired) electrons. The molecule has 0 saturated heterocycles. The summed E-state index contributed by atoms with van der Waals surface area (Å²) in [6, 6.07) is 63.2. The predicted octanol–water partition coefficient (Wildman–Crippen LogP) is 10.7. The maximum absolute atomic E-state index is 6.62. The average molecular weight is 663 g/mol. The van der Waals surface area contributed by atoms with Crippen LogP contribution in [0.3, 0.4) is 0 Å². The summed E-state index contributed by atoms with van der Waals surface area (Å²) in [7, 11) is 0. The van der Waals surface area contributed by atoms with Crippen molar-refractivity contribution in [3.8, 4) is 78.6 Å². The molecule has 3 heteroatoms. The zero-order chi connectivity index (χ0) is 34.2. The van der Waals surface area contributed by atoms with Crippen LogP contribution in [0.5, 0.6) is 23.0 Å². The van der Waals surface area contributed by atoms with Crippen molar-refractivity contribution < 1.29 is 9.47 Å². The maximum atomic E-state index is 6.62. The average Bonchev–Trinajstić information content (AvgIpc) is 3.60. The normalized spacial score (nSPS) is 12.8. The van der Waals surface area contributed by atoms with Gasteiger partial charge in [0.25, 0.3) is 6.71 Å². The summed E-state index contributed by atoms with van der Waals surface area (Å²) in [5.41, 5.74) is 18.5. The second-order valence-electron chi connectivity index (χ2n) is 14.0. The summed E-state index contributed by atoms with van der Waals surface area (Å²) in [6.45, 7) is 0.0667. The Morgan fingerprint density at radius 3 is 1.63 bits per heavy atom. The molecule has 0 N–H and O–H groups in total. The Hall–Kier alpha value is -6.58. The highest BCUT2D eigenvalue weighted by Gasteiger charge is 2.40. The first kappa shape index (κ1) is 29.2. The van der Waals surface area contributed by atoms with Gasteiger partial charge in [0.2, 0.25) is 0 Å². The van der Waals surface area contributed by atoms with E-state index in [0.29, 0.717) is 0 Å². The van der Waals surface area contributed by atoms with Crippen LogP contribution in [0, 0.1) is 0 Å². The van der Waals surface area contributed by atoms with Crippen LogP contribution in [0.2, 0.25) is 0 Å². The van der Waals surface area contributed by atoms with E-state index in [1.807, 2.05) is 12.1 Å². The van der Waals surface area contributed by atoms with Gasteiger partial charge in [0.15, 0.2) is 0 Å². The van der Waals surface area contributed by atoms with Crippen molar-refractivity contribution in [3.05, 3.63) is 187 Å². The lowest BCUT2D eigenvalue weighted by Gasteiger charge is -2.33. The molecule has 52 heavy (non-hydrogen) atoms. The minimum Gasteiger partial charge on any atom is -0.458 e. The van der Waals surface area contributed by atoms with E-state index in [0.717, 1.165) is 46.0 Å². The molecule has 3 aliphatic rings. The zero-order valence-corrected chi connectivity index (χ0v) is 28.3. The number of para-hydroxylation sites is 2. The van der Waals surface area contributed by atoms with Gasteiger partial charge in [-0.2, -0.15) is 0 Å². The van der Waals surface area contributed by atoms with Crippen LogP contribution in [0.4, 0.5) is 0 Å². The Labute approximate surface area is 303 Å². The van der Waals surface area contributed by atoms with E-state index >= 15 is 0 Å². The summed E-state index contributed by atoms with van der Waals surface area (Å²) in [5.74, 6) is 3.51. The van der Waals surface area contributed by atoms with Gasteiger partial charge in [-0.15, -0.1) is 0 Å². The van der Waals surface area contributed by atoms with Crippen molar-refractivity contribution in [2.75, 3.05) is 0 Å².